The normalized spacial score (nSPS) is 23.9. The molecule has 4 heteroatoms. The number of para-hydroxylation sites is 1. The molecule has 1 aromatic rings. The van der Waals surface area contributed by atoms with E-state index >= 15 is 4.39 Å². The first-order valence-corrected chi connectivity index (χ1v) is 11.6. The Morgan fingerprint density at radius 1 is 1.22 bits per heavy atom. The van der Waals surface area contributed by atoms with Crippen molar-refractivity contribution in [3.8, 4) is 5.75 Å². The molecule has 0 heterocycles. The molecule has 0 amide bonds. The van der Waals surface area contributed by atoms with Crippen molar-refractivity contribution in [2.24, 2.45) is 0 Å². The maximum absolute atomic E-state index is 15.1. The van der Waals surface area contributed by atoms with E-state index in [1.165, 1.54) is 12.1 Å². The number of allylic oxidation sites excluding steroid dienone is 2. The van der Waals surface area contributed by atoms with Crippen LogP contribution in [0.25, 0.3) is 0 Å². The predicted octanol–water partition coefficient (Wildman–Crippen LogP) is 4.90. The highest BCUT2D eigenvalue weighted by Gasteiger charge is 2.40. The average molecular weight is 335 g/mol. The zero-order valence-corrected chi connectivity index (χ0v) is 15.5. The van der Waals surface area contributed by atoms with E-state index in [0.29, 0.717) is 12.4 Å². The average Bonchev–Trinajstić information content (AvgIpc) is 2.52. The minimum Gasteiger partial charge on any atom is -0.480 e. The molecule has 0 spiro atoms. The number of hydrogen-bond acceptors (Lipinski definition) is 2. The Bertz CT molecular complexity index is 542. The van der Waals surface area contributed by atoms with Gasteiger partial charge in [0.15, 0.2) is 6.10 Å². The van der Waals surface area contributed by atoms with Gasteiger partial charge in [-0.05, 0) is 43.2 Å². The third-order valence-electron chi connectivity index (χ3n) is 3.90. The van der Waals surface area contributed by atoms with E-state index in [-0.39, 0.29) is 0 Å². The van der Waals surface area contributed by atoms with E-state index in [1.807, 2.05) is 42.5 Å². The van der Waals surface area contributed by atoms with Gasteiger partial charge in [-0.25, -0.2) is 4.39 Å². The predicted molar refractivity (Wildman–Crippen MR) is 96.5 cm³/mol. The van der Waals surface area contributed by atoms with E-state index in [1.54, 1.807) is 6.92 Å². The number of benzene rings is 1. The fourth-order valence-electron chi connectivity index (χ4n) is 2.67. The van der Waals surface area contributed by atoms with Gasteiger partial charge in [-0.2, -0.15) is 0 Å². The third kappa shape index (κ3) is 5.32. The van der Waals surface area contributed by atoms with Crippen molar-refractivity contribution in [3.05, 3.63) is 54.1 Å². The van der Waals surface area contributed by atoms with Crippen LogP contribution in [-0.2, 0) is 4.74 Å². The molecule has 2 nitrogen and oxygen atoms in total. The second-order valence-corrected chi connectivity index (χ2v) is 9.71. The first-order chi connectivity index (χ1) is 11.0. The zero-order chi connectivity index (χ0) is 16.7. The minimum atomic E-state index is -1.90. The summed E-state index contributed by atoms with van der Waals surface area (Å²) >= 11 is 0. The molecule has 0 saturated heterocycles. The molecule has 0 radical (unpaired) electrons. The van der Waals surface area contributed by atoms with Crippen LogP contribution in [0.3, 0.4) is 0 Å². The molecule has 2 unspecified atom stereocenters. The number of alkyl halides is 1. The molecule has 1 aromatic carbocycles. The Labute approximate surface area is 140 Å². The fraction of sp³-hybridized carbons (Fsp3) is 0.474. The minimum absolute atomic E-state index is 0.303. The summed E-state index contributed by atoms with van der Waals surface area (Å²) < 4.78 is 26.3. The van der Waals surface area contributed by atoms with Crippen LogP contribution in [0.4, 0.5) is 4.39 Å². The molecule has 2 atom stereocenters. The summed E-state index contributed by atoms with van der Waals surface area (Å²) in [6, 6.07) is 10.7. The second-order valence-electron chi connectivity index (χ2n) is 6.34. The van der Waals surface area contributed by atoms with Crippen LogP contribution in [0.15, 0.2) is 54.1 Å². The van der Waals surface area contributed by atoms with Gasteiger partial charge in [-0.1, -0.05) is 49.8 Å². The molecule has 23 heavy (non-hydrogen) atoms. The second kappa shape index (κ2) is 8.46. The molecule has 0 bridgehead atoms. The van der Waals surface area contributed by atoms with Crippen LogP contribution in [-0.4, -0.2) is 27.4 Å². The summed E-state index contributed by atoms with van der Waals surface area (Å²) in [7, 11) is -0.533. The Hall–Kier alpha value is -1.39. The monoisotopic (exact) mass is 334 g/mol. The Kier molecular flexibility index (Phi) is 6.60. The van der Waals surface area contributed by atoms with Crippen molar-refractivity contribution in [1.82, 2.24) is 0 Å². The highest BCUT2D eigenvalue weighted by molar-refractivity contribution is 6.55. The summed E-state index contributed by atoms with van der Waals surface area (Å²) in [5.41, 5.74) is 1.13. The molecule has 0 saturated carbocycles. The van der Waals surface area contributed by atoms with Gasteiger partial charge in [0, 0.05) is 15.4 Å². The van der Waals surface area contributed by atoms with Crippen molar-refractivity contribution in [3.63, 3.8) is 0 Å². The van der Waals surface area contributed by atoms with Crippen LogP contribution in [0.1, 0.15) is 19.8 Å². The van der Waals surface area contributed by atoms with E-state index in [2.05, 4.69) is 13.1 Å². The third-order valence-corrected chi connectivity index (χ3v) is 5.46. The molecule has 0 aliphatic heterocycles. The SMILES string of the molecule is CCOC1(F)C=CC(CCC[SiH](C)C)=CC1Oc1ccccc1. The molecule has 2 rings (SSSR count). The first kappa shape index (κ1) is 18.0. The van der Waals surface area contributed by atoms with Gasteiger partial charge >= 0.3 is 0 Å². The van der Waals surface area contributed by atoms with E-state index < -0.39 is 20.8 Å². The summed E-state index contributed by atoms with van der Waals surface area (Å²) in [6.07, 6.45) is 6.62. The highest BCUT2D eigenvalue weighted by Crippen LogP contribution is 2.32. The van der Waals surface area contributed by atoms with Crippen LogP contribution in [0.2, 0.25) is 19.1 Å². The molecule has 126 valence electrons. The number of rotatable bonds is 8. The Balaban J connectivity index is 2.10. The van der Waals surface area contributed by atoms with Crippen LogP contribution in [0.5, 0.6) is 5.75 Å². The summed E-state index contributed by atoms with van der Waals surface area (Å²) in [5, 5.41) is 0. The zero-order valence-electron chi connectivity index (χ0n) is 14.3. The van der Waals surface area contributed by atoms with Gasteiger partial charge < -0.3 is 9.47 Å². The van der Waals surface area contributed by atoms with Gasteiger partial charge in [0.25, 0.3) is 5.85 Å². The van der Waals surface area contributed by atoms with E-state index in [9.17, 15) is 0 Å². The number of hydrogen-bond donors (Lipinski definition) is 0. The quantitative estimate of drug-likeness (QED) is 0.630. The standard InChI is InChI=1S/C19H27FO2Si/c1-4-21-19(20)13-12-16(9-8-14-23(2)3)15-18(19)22-17-10-6-5-7-11-17/h5-7,10-13,15,18,23H,4,8-9,14H2,1-3H3. The Morgan fingerprint density at radius 2 is 1.96 bits per heavy atom. The summed E-state index contributed by atoms with van der Waals surface area (Å²) in [4.78, 5) is 0. The lowest BCUT2D eigenvalue weighted by Gasteiger charge is -2.32. The van der Waals surface area contributed by atoms with Gasteiger partial charge in [0.1, 0.15) is 5.75 Å². The van der Waals surface area contributed by atoms with Crippen LogP contribution < -0.4 is 4.74 Å². The largest absolute Gasteiger partial charge is 0.480 e. The maximum atomic E-state index is 15.1. The van der Waals surface area contributed by atoms with Crippen LogP contribution in [0, 0.1) is 0 Å². The van der Waals surface area contributed by atoms with Crippen molar-refractivity contribution in [1.29, 1.82) is 0 Å². The number of ether oxygens (including phenoxy) is 2. The molecule has 0 N–H and O–H groups in total. The van der Waals surface area contributed by atoms with Gasteiger partial charge in [0.05, 0.1) is 0 Å². The van der Waals surface area contributed by atoms with Gasteiger partial charge in [-0.15, -0.1) is 0 Å². The maximum Gasteiger partial charge on any atom is 0.269 e. The van der Waals surface area contributed by atoms with E-state index in [4.69, 9.17) is 9.47 Å². The lowest BCUT2D eigenvalue weighted by Crippen LogP contribution is -2.43. The highest BCUT2D eigenvalue weighted by atomic mass is 28.3. The summed E-state index contributed by atoms with van der Waals surface area (Å²) in [6.45, 7) is 6.81. The molecule has 1 aliphatic carbocycles. The smallest absolute Gasteiger partial charge is 0.269 e. The first-order valence-electron chi connectivity index (χ1n) is 8.48. The Morgan fingerprint density at radius 3 is 2.61 bits per heavy atom. The summed E-state index contributed by atoms with van der Waals surface area (Å²) in [5.74, 6) is -1.25. The fourth-order valence-corrected chi connectivity index (χ4v) is 3.69. The van der Waals surface area contributed by atoms with Crippen molar-refractivity contribution >= 4 is 8.80 Å². The van der Waals surface area contributed by atoms with Crippen molar-refractivity contribution < 1.29 is 13.9 Å². The van der Waals surface area contributed by atoms with E-state index in [0.717, 1.165) is 18.4 Å². The lowest BCUT2D eigenvalue weighted by atomic mass is 9.97. The lowest BCUT2D eigenvalue weighted by molar-refractivity contribution is -0.149. The molecule has 1 aliphatic rings. The van der Waals surface area contributed by atoms with Crippen LogP contribution >= 0.6 is 0 Å². The molecular weight excluding hydrogens is 307 g/mol. The van der Waals surface area contributed by atoms with Crippen molar-refractivity contribution in [2.45, 2.75) is 50.9 Å². The van der Waals surface area contributed by atoms with Gasteiger partial charge in [0.2, 0.25) is 0 Å². The van der Waals surface area contributed by atoms with Crippen molar-refractivity contribution in [2.75, 3.05) is 6.61 Å². The topological polar surface area (TPSA) is 18.5 Å². The molecule has 0 fully saturated rings. The molecular formula is C19H27FO2Si. The molecule has 0 aromatic heterocycles. The van der Waals surface area contributed by atoms with Gasteiger partial charge in [-0.3, -0.25) is 0 Å². The number of halogens is 1.